The molecule has 0 spiro atoms. The fourth-order valence-corrected chi connectivity index (χ4v) is 2.91. The Bertz CT molecular complexity index is 950. The van der Waals surface area contributed by atoms with Gasteiger partial charge >= 0.3 is 0 Å². The maximum atomic E-state index is 13.6. The van der Waals surface area contributed by atoms with Gasteiger partial charge in [-0.25, -0.2) is 9.82 Å². The van der Waals surface area contributed by atoms with Gasteiger partial charge in [0.05, 0.1) is 29.6 Å². The first-order valence-electron chi connectivity index (χ1n) is 9.15. The van der Waals surface area contributed by atoms with Crippen LogP contribution >= 0.6 is 15.9 Å². The molecule has 0 aliphatic rings. The number of anilines is 1. The number of benzene rings is 2. The van der Waals surface area contributed by atoms with Gasteiger partial charge in [-0.1, -0.05) is 12.1 Å². The SMILES string of the molecule is COc1cc(C=NNC(=O)C(C)C(=O)Nc2ccccc2F)cc(Br)c1OC(C)C. The molecule has 0 saturated heterocycles. The third-order valence-electron chi connectivity index (χ3n) is 3.91. The van der Waals surface area contributed by atoms with Crippen LogP contribution in [0.15, 0.2) is 46.0 Å². The second-order valence-electron chi connectivity index (χ2n) is 6.63. The first kappa shape index (κ1) is 23.3. The normalized spacial score (nSPS) is 12.0. The summed E-state index contributed by atoms with van der Waals surface area (Å²) >= 11 is 3.43. The lowest BCUT2D eigenvalue weighted by Gasteiger charge is -2.15. The van der Waals surface area contributed by atoms with Gasteiger partial charge in [0.2, 0.25) is 5.91 Å². The Morgan fingerprint density at radius 3 is 2.50 bits per heavy atom. The van der Waals surface area contributed by atoms with E-state index < -0.39 is 23.5 Å². The number of nitrogens with one attached hydrogen (secondary N) is 2. The first-order chi connectivity index (χ1) is 14.2. The maximum Gasteiger partial charge on any atom is 0.252 e. The first-order valence-corrected chi connectivity index (χ1v) is 9.94. The number of ether oxygens (including phenoxy) is 2. The lowest BCUT2D eigenvalue weighted by Crippen LogP contribution is -2.34. The molecule has 160 valence electrons. The van der Waals surface area contributed by atoms with Crippen molar-refractivity contribution < 1.29 is 23.5 Å². The number of carbonyl (C=O) groups excluding carboxylic acids is 2. The van der Waals surface area contributed by atoms with Crippen LogP contribution in [0.2, 0.25) is 0 Å². The predicted molar refractivity (Wildman–Crippen MR) is 116 cm³/mol. The molecule has 30 heavy (non-hydrogen) atoms. The average Bonchev–Trinajstić information content (AvgIpc) is 2.70. The van der Waals surface area contributed by atoms with Crippen LogP contribution < -0.4 is 20.2 Å². The molecule has 0 aliphatic heterocycles. The highest BCUT2D eigenvalue weighted by molar-refractivity contribution is 9.10. The highest BCUT2D eigenvalue weighted by Crippen LogP contribution is 2.36. The van der Waals surface area contributed by atoms with Crippen molar-refractivity contribution in [2.45, 2.75) is 26.9 Å². The van der Waals surface area contributed by atoms with Crippen LogP contribution in [0.3, 0.4) is 0 Å². The molecule has 2 rings (SSSR count). The number of nitrogens with zero attached hydrogens (tertiary/aromatic N) is 1. The minimum absolute atomic E-state index is 0.00584. The number of para-hydroxylation sites is 1. The third-order valence-corrected chi connectivity index (χ3v) is 4.50. The molecule has 0 radical (unpaired) electrons. The van der Waals surface area contributed by atoms with E-state index >= 15 is 0 Å². The second-order valence-corrected chi connectivity index (χ2v) is 7.48. The Morgan fingerprint density at radius 2 is 1.87 bits per heavy atom. The van der Waals surface area contributed by atoms with Gasteiger partial charge in [-0.05, 0) is 66.5 Å². The standard InChI is InChI=1S/C21H23BrFN3O4/c1-12(2)30-19-15(22)9-14(10-18(19)29-4)11-24-26-21(28)13(3)20(27)25-17-8-6-5-7-16(17)23/h5-13H,1-4H3,(H,25,27)(H,26,28). The zero-order valence-electron chi connectivity index (χ0n) is 17.0. The number of rotatable bonds is 8. The van der Waals surface area contributed by atoms with E-state index in [1.165, 1.54) is 38.4 Å². The van der Waals surface area contributed by atoms with Crippen molar-refractivity contribution in [1.82, 2.24) is 5.43 Å². The molecule has 1 unspecified atom stereocenters. The Labute approximate surface area is 182 Å². The van der Waals surface area contributed by atoms with Crippen molar-refractivity contribution in [2.24, 2.45) is 11.0 Å². The van der Waals surface area contributed by atoms with E-state index in [1.54, 1.807) is 18.2 Å². The van der Waals surface area contributed by atoms with Gasteiger partial charge in [-0.3, -0.25) is 9.59 Å². The lowest BCUT2D eigenvalue weighted by molar-refractivity contribution is -0.131. The topological polar surface area (TPSA) is 89.0 Å². The van der Waals surface area contributed by atoms with Gasteiger partial charge in [0, 0.05) is 0 Å². The van der Waals surface area contributed by atoms with E-state index in [4.69, 9.17) is 9.47 Å². The number of carbonyl (C=O) groups is 2. The van der Waals surface area contributed by atoms with Crippen LogP contribution in [0.25, 0.3) is 0 Å². The smallest absolute Gasteiger partial charge is 0.252 e. The maximum absolute atomic E-state index is 13.6. The van der Waals surface area contributed by atoms with Gasteiger partial charge in [-0.15, -0.1) is 0 Å². The number of methoxy groups -OCH3 is 1. The van der Waals surface area contributed by atoms with Crippen LogP contribution in [0.4, 0.5) is 10.1 Å². The highest BCUT2D eigenvalue weighted by atomic mass is 79.9. The molecule has 9 heteroatoms. The van der Waals surface area contributed by atoms with Gasteiger partial charge < -0.3 is 14.8 Å². The molecule has 2 aromatic carbocycles. The van der Waals surface area contributed by atoms with Gasteiger partial charge in [0.1, 0.15) is 11.7 Å². The van der Waals surface area contributed by atoms with E-state index in [9.17, 15) is 14.0 Å². The average molecular weight is 480 g/mol. The monoisotopic (exact) mass is 479 g/mol. The largest absolute Gasteiger partial charge is 0.493 e. The van der Waals surface area contributed by atoms with Crippen molar-refractivity contribution in [2.75, 3.05) is 12.4 Å². The summed E-state index contributed by atoms with van der Waals surface area (Å²) in [5.41, 5.74) is 2.95. The molecule has 0 bridgehead atoms. The third kappa shape index (κ3) is 6.28. The number of hydrazone groups is 1. The van der Waals surface area contributed by atoms with Crippen molar-refractivity contribution in [3.63, 3.8) is 0 Å². The summed E-state index contributed by atoms with van der Waals surface area (Å²) < 4.78 is 25.4. The second kappa shape index (κ2) is 10.7. The summed E-state index contributed by atoms with van der Waals surface area (Å²) in [6.07, 6.45) is 1.37. The lowest BCUT2D eigenvalue weighted by atomic mass is 10.1. The fraction of sp³-hybridized carbons (Fsp3) is 0.286. The summed E-state index contributed by atoms with van der Waals surface area (Å²) in [7, 11) is 1.52. The number of hydrogen-bond acceptors (Lipinski definition) is 5. The van der Waals surface area contributed by atoms with E-state index in [1.807, 2.05) is 13.8 Å². The summed E-state index contributed by atoms with van der Waals surface area (Å²) in [6.45, 7) is 5.21. The van der Waals surface area contributed by atoms with Crippen molar-refractivity contribution in [1.29, 1.82) is 0 Å². The highest BCUT2D eigenvalue weighted by Gasteiger charge is 2.22. The molecule has 0 heterocycles. The molecular formula is C21H23BrFN3O4. The van der Waals surface area contributed by atoms with Crippen molar-refractivity contribution in [3.8, 4) is 11.5 Å². The van der Waals surface area contributed by atoms with Gasteiger partial charge in [0.25, 0.3) is 5.91 Å². The molecule has 0 aliphatic carbocycles. The molecule has 0 fully saturated rings. The van der Waals surface area contributed by atoms with Crippen molar-refractivity contribution in [3.05, 3.63) is 52.3 Å². The quantitative estimate of drug-likeness (QED) is 0.338. The van der Waals surface area contributed by atoms with E-state index in [0.717, 1.165) is 0 Å². The molecule has 2 amide bonds. The summed E-state index contributed by atoms with van der Waals surface area (Å²) in [5.74, 6) is -1.88. The van der Waals surface area contributed by atoms with Crippen LogP contribution in [0, 0.1) is 11.7 Å². The molecule has 1 atom stereocenters. The van der Waals surface area contributed by atoms with Gasteiger partial charge in [-0.2, -0.15) is 5.10 Å². The molecule has 2 N–H and O–H groups in total. The van der Waals surface area contributed by atoms with Crippen LogP contribution in [-0.2, 0) is 9.59 Å². The summed E-state index contributed by atoms with van der Waals surface area (Å²) in [4.78, 5) is 24.3. The molecular weight excluding hydrogens is 457 g/mol. The van der Waals surface area contributed by atoms with E-state index in [0.29, 0.717) is 21.5 Å². The Morgan fingerprint density at radius 1 is 1.17 bits per heavy atom. The Hall–Kier alpha value is -2.94. The Balaban J connectivity index is 2.02. The van der Waals surface area contributed by atoms with E-state index in [2.05, 4.69) is 31.8 Å². The van der Waals surface area contributed by atoms with Crippen LogP contribution in [-0.4, -0.2) is 31.2 Å². The minimum Gasteiger partial charge on any atom is -0.493 e. The number of halogens is 2. The number of amides is 2. The molecule has 2 aromatic rings. The minimum atomic E-state index is -1.08. The zero-order valence-corrected chi connectivity index (χ0v) is 18.6. The van der Waals surface area contributed by atoms with Crippen molar-refractivity contribution >= 4 is 39.6 Å². The molecule has 0 aromatic heterocycles. The van der Waals surface area contributed by atoms with Gasteiger partial charge in [0.15, 0.2) is 11.5 Å². The molecule has 7 nitrogen and oxygen atoms in total. The fourth-order valence-electron chi connectivity index (χ4n) is 2.35. The zero-order chi connectivity index (χ0) is 22.3. The summed E-state index contributed by atoms with van der Waals surface area (Å²) in [5, 5.41) is 6.26. The predicted octanol–water partition coefficient (Wildman–Crippen LogP) is 4.11. The van der Waals surface area contributed by atoms with Crippen LogP contribution in [0.5, 0.6) is 11.5 Å². The van der Waals surface area contributed by atoms with E-state index in [-0.39, 0.29) is 11.8 Å². The van der Waals surface area contributed by atoms with Crippen LogP contribution in [0.1, 0.15) is 26.3 Å². The number of hydrogen-bond donors (Lipinski definition) is 2. The Kier molecular flexibility index (Phi) is 8.35. The molecule has 0 saturated carbocycles. The summed E-state index contributed by atoms with van der Waals surface area (Å²) in [6, 6.07) is 9.17.